The van der Waals surface area contributed by atoms with E-state index >= 15 is 0 Å². The molecule has 22 nitrogen and oxygen atoms in total. The third kappa shape index (κ3) is 13.5. The molecule has 0 spiro atoms. The van der Waals surface area contributed by atoms with Gasteiger partial charge in [-0.3, -0.25) is 38.4 Å². The van der Waals surface area contributed by atoms with Gasteiger partial charge in [0.05, 0.1) is 118 Å². The monoisotopic (exact) mass is 1360 g/mol. The van der Waals surface area contributed by atoms with Crippen LogP contribution < -0.4 is 10.6 Å². The highest BCUT2D eigenvalue weighted by atomic mass is 16.5. The molecular formula is C78H76N2O20. The molecule has 22 heteroatoms. The number of ether oxygens (including phenoxy) is 6. The van der Waals surface area contributed by atoms with E-state index in [2.05, 4.69) is 108 Å². The molecule has 0 bridgehead atoms. The number of benzene rings is 13. The van der Waals surface area contributed by atoms with Crippen molar-refractivity contribution in [1.82, 2.24) is 10.6 Å². The van der Waals surface area contributed by atoms with E-state index < -0.39 is 58.7 Å². The average molecular weight is 1360 g/mol. The van der Waals surface area contributed by atoms with Gasteiger partial charge >= 0.3 is 35.8 Å². The van der Waals surface area contributed by atoms with Gasteiger partial charge in [-0.1, -0.05) is 97.1 Å². The van der Waals surface area contributed by atoms with Gasteiger partial charge in [-0.25, -0.2) is 0 Å². The Morgan fingerprint density at radius 2 is 0.470 bits per heavy atom. The lowest BCUT2D eigenvalue weighted by atomic mass is 9.73. The molecule has 13 rings (SSSR count). The summed E-state index contributed by atoms with van der Waals surface area (Å²) >= 11 is 0. The van der Waals surface area contributed by atoms with Gasteiger partial charge in [0.25, 0.3) is 0 Å². The summed E-state index contributed by atoms with van der Waals surface area (Å²) in [5.41, 5.74) is -0.732. The first-order valence-corrected chi connectivity index (χ1v) is 33.9. The van der Waals surface area contributed by atoms with Crippen LogP contribution in [-0.4, -0.2) is 169 Å². The van der Waals surface area contributed by atoms with Crippen LogP contribution in [0.1, 0.15) is 88.2 Å². The molecule has 8 N–H and O–H groups in total. The van der Waals surface area contributed by atoms with E-state index in [0.29, 0.717) is 38.5 Å². The fourth-order valence-electron chi connectivity index (χ4n) is 15.4. The fraction of sp³-hybridized carbons (Fsp3) is 0.359. The Kier molecular flexibility index (Phi) is 20.0. The minimum absolute atomic E-state index is 0.0521. The Morgan fingerprint density at radius 1 is 0.270 bits per heavy atom. The highest BCUT2D eigenvalue weighted by molar-refractivity contribution is 6.61. The topological polar surface area (TPSA) is 337 Å². The second kappa shape index (κ2) is 29.1. The lowest BCUT2D eigenvalue weighted by Crippen LogP contribution is -2.58. The number of fused-ring (bicyclic) bond motifs is 6. The van der Waals surface area contributed by atoms with Gasteiger partial charge < -0.3 is 69.7 Å². The lowest BCUT2D eigenvalue weighted by Gasteiger charge is -2.34. The molecule has 0 saturated carbocycles. The van der Waals surface area contributed by atoms with Crippen LogP contribution in [0.5, 0.6) is 0 Å². The van der Waals surface area contributed by atoms with Crippen LogP contribution in [0, 0.1) is 0 Å². The Morgan fingerprint density at radius 3 is 0.690 bits per heavy atom. The van der Waals surface area contributed by atoms with Crippen LogP contribution >= 0.6 is 0 Å². The molecule has 0 heterocycles. The van der Waals surface area contributed by atoms with Gasteiger partial charge in [-0.15, -0.1) is 0 Å². The van der Waals surface area contributed by atoms with Crippen molar-refractivity contribution in [1.29, 1.82) is 0 Å². The first kappa shape index (κ1) is 68.6. The molecule has 0 aromatic heterocycles. The van der Waals surface area contributed by atoms with Crippen LogP contribution in [0.2, 0.25) is 0 Å². The van der Waals surface area contributed by atoms with Crippen molar-refractivity contribution in [3.05, 3.63) is 108 Å². The maximum Gasteiger partial charge on any atom is 0.305 e. The van der Waals surface area contributed by atoms with Crippen molar-refractivity contribution in [2.75, 3.05) is 79.3 Å². The zero-order chi connectivity index (χ0) is 70.0. The number of hydrogen-bond acceptors (Lipinski definition) is 14. The first-order chi connectivity index (χ1) is 48.3. The molecule has 2 amide bonds. The Balaban J connectivity index is 0.878. The molecule has 0 atom stereocenters. The molecular weight excluding hydrogens is 1280 g/mol. The summed E-state index contributed by atoms with van der Waals surface area (Å²) in [7, 11) is 0. The maximum atomic E-state index is 14.2. The van der Waals surface area contributed by atoms with E-state index in [1.807, 2.05) is 0 Å². The second-order valence-corrected chi connectivity index (χ2v) is 26.5. The summed E-state index contributed by atoms with van der Waals surface area (Å²) in [5, 5.41) is 90.4. The summed E-state index contributed by atoms with van der Waals surface area (Å²) in [5.74, 6) is -7.38. The normalized spacial score (nSPS) is 12.6. The molecule has 0 aliphatic rings. The van der Waals surface area contributed by atoms with E-state index in [0.717, 1.165) is 54.2 Å². The summed E-state index contributed by atoms with van der Waals surface area (Å²) in [6.45, 7) is -2.81. The summed E-state index contributed by atoms with van der Waals surface area (Å²) < 4.78 is 34.5. The molecule has 0 radical (unpaired) electrons. The van der Waals surface area contributed by atoms with Crippen molar-refractivity contribution in [3.8, 4) is 0 Å². The smallest absolute Gasteiger partial charge is 0.305 e. The lowest BCUT2D eigenvalue weighted by molar-refractivity contribution is -0.142. The summed E-state index contributed by atoms with van der Waals surface area (Å²) in [6, 6.07) is 36.0. The highest BCUT2D eigenvalue weighted by Gasteiger charge is 2.37. The number of carboxylic acids is 6. The standard InChI is InChI=1S/C78H76N2O20/c81-57(79-77(37-95-27-21-59(83)84,38-96-28-22-60(85)86)39-97-29-23-61(87)88)19-3-1-9-43-33-53-51-17-7-15-49-47-13-5-11-45-46-12-6-14-48-50-16-8-18-52-54-34-44(10-2-4-20-58(82)80-78(40-98-30-24-62(89)90,41-99-31-25-63(91)92)42-100-32-26-64(93)94)36-56-55(35-43)69(53)75-73(67(49)51)71(65(45)47)72(66(46)48)74(68(50)52)76(75)70(54)56/h5-8,11-18,33-36H,1-4,9-10,19-32,37-42H2,(H,79,81)(H,80,82)(H,83,84)(H,85,86)(H,87,88)(H,89,90)(H,91,92)(H,93,94). The third-order valence-corrected chi connectivity index (χ3v) is 19.5. The number of carbonyl (C=O) groups is 8. The number of unbranched alkanes of at least 4 members (excludes halogenated alkanes) is 2. The van der Waals surface area contributed by atoms with Crippen LogP contribution in [0.25, 0.3) is 129 Å². The molecule has 0 unspecified atom stereocenters. The number of nitrogens with one attached hydrogen (secondary N) is 2. The average Bonchev–Trinajstić information content (AvgIpc) is 0.645. The minimum Gasteiger partial charge on any atom is -0.481 e. The van der Waals surface area contributed by atoms with Crippen molar-refractivity contribution >= 4 is 177 Å². The number of aryl methyl sites for hydroxylation is 2. The molecule has 13 aromatic rings. The fourth-order valence-corrected chi connectivity index (χ4v) is 15.4. The van der Waals surface area contributed by atoms with Gasteiger partial charge in [0.15, 0.2) is 0 Å². The number of hydrogen-bond donors (Lipinski definition) is 8. The minimum atomic E-state index is -1.42. The quantitative estimate of drug-likeness (QED) is 0.0100. The zero-order valence-electron chi connectivity index (χ0n) is 55.0. The van der Waals surface area contributed by atoms with Gasteiger partial charge in [0, 0.05) is 12.8 Å². The zero-order valence-corrected chi connectivity index (χ0v) is 55.0. The molecule has 0 fully saturated rings. The number of carboxylic acid groups (broad SMARTS) is 6. The van der Waals surface area contributed by atoms with Gasteiger partial charge in [0.1, 0.15) is 11.1 Å². The van der Waals surface area contributed by atoms with Gasteiger partial charge in [-0.05, 0) is 179 Å². The van der Waals surface area contributed by atoms with Crippen LogP contribution in [0.4, 0.5) is 0 Å². The van der Waals surface area contributed by atoms with Crippen molar-refractivity contribution in [2.45, 2.75) is 101 Å². The first-order valence-electron chi connectivity index (χ1n) is 33.9. The van der Waals surface area contributed by atoms with Crippen molar-refractivity contribution in [3.63, 3.8) is 0 Å². The van der Waals surface area contributed by atoms with Gasteiger partial charge in [0.2, 0.25) is 11.8 Å². The third-order valence-electron chi connectivity index (χ3n) is 19.5. The Bertz CT molecular complexity index is 4790. The molecule has 0 aliphatic carbocycles. The van der Waals surface area contributed by atoms with Crippen molar-refractivity contribution in [2.24, 2.45) is 0 Å². The maximum absolute atomic E-state index is 14.2. The molecule has 0 aliphatic heterocycles. The van der Waals surface area contributed by atoms with E-state index in [1.165, 1.54) is 86.2 Å². The molecule has 100 heavy (non-hydrogen) atoms. The molecule has 13 aromatic carbocycles. The van der Waals surface area contributed by atoms with E-state index in [-0.39, 0.29) is 131 Å². The van der Waals surface area contributed by atoms with Crippen LogP contribution in [0.3, 0.4) is 0 Å². The number of rotatable bonds is 42. The number of carbonyl (C=O) groups excluding carboxylic acids is 2. The van der Waals surface area contributed by atoms with Crippen LogP contribution in [-0.2, 0) is 79.6 Å². The largest absolute Gasteiger partial charge is 0.481 e. The number of aliphatic carboxylic acids is 6. The Labute approximate surface area is 570 Å². The second-order valence-electron chi connectivity index (χ2n) is 26.5. The number of amides is 2. The molecule has 0 saturated heterocycles. The SMILES string of the molecule is O=C(O)CCOCC(COCCC(=O)O)(COCCC(=O)O)NC(=O)CCCCc1cc2c3cccc4c5cccc6c7cccc8c9cccc%10c%11cc(CCCCC(=O)NC(COCCC(=O)O)(COCCC(=O)O)COCCC(=O)O)cc%12c(c1)c2c1c(c43)c(c65)c(c78)c(c9%10)c1c%11%12. The molecule has 518 valence electrons. The van der Waals surface area contributed by atoms with E-state index in [4.69, 9.17) is 28.4 Å². The van der Waals surface area contributed by atoms with E-state index in [9.17, 15) is 69.0 Å². The Hall–Kier alpha value is -9.94. The predicted molar refractivity (Wildman–Crippen MR) is 379 cm³/mol. The van der Waals surface area contributed by atoms with Crippen molar-refractivity contribution < 1.29 is 97.4 Å². The van der Waals surface area contributed by atoms with Crippen LogP contribution in [0.15, 0.2) is 97.1 Å². The van der Waals surface area contributed by atoms with Gasteiger partial charge in [-0.2, -0.15) is 0 Å². The predicted octanol–water partition coefficient (Wildman–Crippen LogP) is 12.2. The summed E-state index contributed by atoms with van der Waals surface area (Å²) in [6.07, 6.45) is 1.33. The summed E-state index contributed by atoms with van der Waals surface area (Å²) in [4.78, 5) is 96.9. The van der Waals surface area contributed by atoms with E-state index in [1.54, 1.807) is 0 Å². The highest BCUT2D eigenvalue weighted by Crippen LogP contribution is 2.60.